The van der Waals surface area contributed by atoms with Gasteiger partial charge in [0.05, 0.1) is 0 Å². The number of halogens is 2. The number of carbonyl (C=O) groups excluding carboxylic acids is 2. The standard InChI is InChI=1S/C25H26BrClN4O3/c1-16(2)31(25(33)17-9-11-19(26)12-10-17)15-22(32)30-13-4-3-8-21(30)24-28-23(29-34-24)18-6-5-7-20(27)14-18/h5-7,9-12,14,16,21H,3-4,8,13,15H2,1-2H3. The molecule has 1 aromatic heterocycles. The van der Waals surface area contributed by atoms with Crippen molar-refractivity contribution < 1.29 is 14.1 Å². The highest BCUT2D eigenvalue weighted by Gasteiger charge is 2.34. The minimum atomic E-state index is -0.321. The molecule has 0 spiro atoms. The molecule has 3 aromatic rings. The zero-order chi connectivity index (χ0) is 24.2. The lowest BCUT2D eigenvalue weighted by Crippen LogP contribution is -2.48. The molecule has 34 heavy (non-hydrogen) atoms. The van der Waals surface area contributed by atoms with Gasteiger partial charge in [-0.1, -0.05) is 44.8 Å². The third kappa shape index (κ3) is 5.50. The van der Waals surface area contributed by atoms with Gasteiger partial charge >= 0.3 is 0 Å². The van der Waals surface area contributed by atoms with E-state index in [0.717, 1.165) is 29.3 Å². The molecular formula is C25H26BrClN4O3. The maximum absolute atomic E-state index is 13.4. The number of amides is 2. The number of carbonyl (C=O) groups is 2. The molecule has 0 bridgehead atoms. The Kier molecular flexibility index (Phi) is 7.68. The van der Waals surface area contributed by atoms with Crippen molar-refractivity contribution in [3.05, 3.63) is 69.5 Å². The minimum absolute atomic E-state index is 0.0155. The molecule has 2 heterocycles. The molecule has 1 aliphatic rings. The van der Waals surface area contributed by atoms with Crippen LogP contribution in [0.4, 0.5) is 0 Å². The van der Waals surface area contributed by atoms with Gasteiger partial charge in [-0.25, -0.2) is 0 Å². The first-order valence-electron chi connectivity index (χ1n) is 11.3. The second kappa shape index (κ2) is 10.7. The number of likely N-dealkylation sites (tertiary alicyclic amines) is 1. The molecule has 178 valence electrons. The molecule has 0 aliphatic carbocycles. The number of hydrogen-bond donors (Lipinski definition) is 0. The minimum Gasteiger partial charge on any atom is -0.337 e. The van der Waals surface area contributed by atoms with E-state index in [9.17, 15) is 9.59 Å². The van der Waals surface area contributed by atoms with Crippen LogP contribution in [0, 0.1) is 0 Å². The predicted octanol–water partition coefficient (Wildman–Crippen LogP) is 5.76. The molecule has 0 radical (unpaired) electrons. The van der Waals surface area contributed by atoms with E-state index < -0.39 is 0 Å². The van der Waals surface area contributed by atoms with Gasteiger partial charge in [-0.05, 0) is 69.5 Å². The van der Waals surface area contributed by atoms with E-state index in [1.54, 1.807) is 34.1 Å². The summed E-state index contributed by atoms with van der Waals surface area (Å²) in [6.45, 7) is 4.38. The summed E-state index contributed by atoms with van der Waals surface area (Å²) in [5.74, 6) is 0.528. The van der Waals surface area contributed by atoms with Gasteiger partial charge in [-0.3, -0.25) is 9.59 Å². The average Bonchev–Trinajstić information content (AvgIpc) is 3.32. The monoisotopic (exact) mass is 544 g/mol. The van der Waals surface area contributed by atoms with E-state index >= 15 is 0 Å². The van der Waals surface area contributed by atoms with E-state index in [-0.39, 0.29) is 30.4 Å². The molecule has 4 rings (SSSR count). The van der Waals surface area contributed by atoms with E-state index in [1.807, 2.05) is 38.1 Å². The fraction of sp³-hybridized carbons (Fsp3) is 0.360. The summed E-state index contributed by atoms with van der Waals surface area (Å²) >= 11 is 9.48. The Labute approximate surface area is 212 Å². The van der Waals surface area contributed by atoms with Crippen LogP contribution in [0.3, 0.4) is 0 Å². The Morgan fingerprint density at radius 3 is 2.68 bits per heavy atom. The molecule has 1 unspecified atom stereocenters. The summed E-state index contributed by atoms with van der Waals surface area (Å²) < 4.78 is 6.47. The summed E-state index contributed by atoms with van der Waals surface area (Å²) in [6.07, 6.45) is 2.57. The summed E-state index contributed by atoms with van der Waals surface area (Å²) in [4.78, 5) is 34.5. The number of nitrogens with zero attached hydrogens (tertiary/aromatic N) is 4. The van der Waals surface area contributed by atoms with E-state index in [0.29, 0.717) is 28.8 Å². The Morgan fingerprint density at radius 2 is 1.97 bits per heavy atom. The predicted molar refractivity (Wildman–Crippen MR) is 133 cm³/mol. The summed E-state index contributed by atoms with van der Waals surface area (Å²) in [7, 11) is 0. The molecule has 9 heteroatoms. The first-order valence-corrected chi connectivity index (χ1v) is 12.5. The van der Waals surface area contributed by atoms with Crippen LogP contribution < -0.4 is 0 Å². The smallest absolute Gasteiger partial charge is 0.254 e. The third-order valence-corrected chi connectivity index (χ3v) is 6.68. The van der Waals surface area contributed by atoms with Crippen molar-refractivity contribution in [1.29, 1.82) is 0 Å². The SMILES string of the molecule is CC(C)N(CC(=O)N1CCCCC1c1nc(-c2cccc(Cl)c2)no1)C(=O)c1ccc(Br)cc1. The fourth-order valence-corrected chi connectivity index (χ4v) is 4.54. The molecule has 1 atom stereocenters. The van der Waals surface area contributed by atoms with Crippen molar-refractivity contribution in [3.8, 4) is 11.4 Å². The van der Waals surface area contributed by atoms with E-state index in [1.165, 1.54) is 0 Å². The number of benzene rings is 2. The topological polar surface area (TPSA) is 79.5 Å². The van der Waals surface area contributed by atoms with Crippen LogP contribution >= 0.6 is 27.5 Å². The van der Waals surface area contributed by atoms with Crippen molar-refractivity contribution in [2.24, 2.45) is 0 Å². The molecule has 1 aliphatic heterocycles. The maximum Gasteiger partial charge on any atom is 0.254 e. The molecule has 2 aromatic carbocycles. The van der Waals surface area contributed by atoms with E-state index in [4.69, 9.17) is 16.1 Å². The van der Waals surface area contributed by atoms with Crippen molar-refractivity contribution in [3.63, 3.8) is 0 Å². The fourth-order valence-electron chi connectivity index (χ4n) is 4.09. The van der Waals surface area contributed by atoms with E-state index in [2.05, 4.69) is 26.1 Å². The molecule has 0 saturated carbocycles. The highest BCUT2D eigenvalue weighted by molar-refractivity contribution is 9.10. The Morgan fingerprint density at radius 1 is 1.21 bits per heavy atom. The Hall–Kier alpha value is -2.71. The largest absolute Gasteiger partial charge is 0.337 e. The molecule has 1 fully saturated rings. The third-order valence-electron chi connectivity index (χ3n) is 5.91. The molecular weight excluding hydrogens is 520 g/mol. The number of rotatable bonds is 6. The van der Waals surface area contributed by atoms with Gasteiger partial charge < -0.3 is 14.3 Å². The molecule has 2 amide bonds. The van der Waals surface area contributed by atoms with Crippen molar-refractivity contribution in [1.82, 2.24) is 19.9 Å². The number of aromatic nitrogens is 2. The first-order chi connectivity index (χ1) is 16.3. The quantitative estimate of drug-likeness (QED) is 0.394. The zero-order valence-electron chi connectivity index (χ0n) is 19.1. The van der Waals surface area contributed by atoms with Gasteiger partial charge in [0.15, 0.2) is 0 Å². The van der Waals surface area contributed by atoms with Crippen LogP contribution in [-0.4, -0.2) is 50.9 Å². The number of hydrogen-bond acceptors (Lipinski definition) is 5. The van der Waals surface area contributed by atoms with Crippen LogP contribution in [0.2, 0.25) is 5.02 Å². The maximum atomic E-state index is 13.4. The van der Waals surface area contributed by atoms with Gasteiger partial charge in [0.25, 0.3) is 5.91 Å². The highest BCUT2D eigenvalue weighted by Crippen LogP contribution is 2.32. The zero-order valence-corrected chi connectivity index (χ0v) is 21.4. The lowest BCUT2D eigenvalue weighted by molar-refractivity contribution is -0.136. The van der Waals surface area contributed by atoms with Crippen LogP contribution in [0.5, 0.6) is 0 Å². The van der Waals surface area contributed by atoms with Crippen LogP contribution in [0.15, 0.2) is 57.5 Å². The highest BCUT2D eigenvalue weighted by atomic mass is 79.9. The van der Waals surface area contributed by atoms with Crippen LogP contribution in [-0.2, 0) is 4.79 Å². The van der Waals surface area contributed by atoms with Gasteiger partial charge in [0, 0.05) is 33.2 Å². The second-order valence-electron chi connectivity index (χ2n) is 8.60. The lowest BCUT2D eigenvalue weighted by Gasteiger charge is -2.36. The van der Waals surface area contributed by atoms with Crippen molar-refractivity contribution in [2.75, 3.05) is 13.1 Å². The normalized spacial score (nSPS) is 16.0. The molecule has 1 saturated heterocycles. The summed E-state index contributed by atoms with van der Waals surface area (Å²) in [5, 5.41) is 4.70. The Bertz CT molecular complexity index is 1160. The van der Waals surface area contributed by atoms with Gasteiger partial charge in [-0.15, -0.1) is 0 Å². The average molecular weight is 546 g/mol. The first kappa shape index (κ1) is 24.4. The van der Waals surface area contributed by atoms with Crippen LogP contribution in [0.25, 0.3) is 11.4 Å². The Balaban J connectivity index is 1.53. The lowest BCUT2D eigenvalue weighted by atomic mass is 10.0. The van der Waals surface area contributed by atoms with Gasteiger partial charge in [0.1, 0.15) is 12.6 Å². The van der Waals surface area contributed by atoms with Crippen molar-refractivity contribution in [2.45, 2.75) is 45.2 Å². The number of piperidine rings is 1. The summed E-state index contributed by atoms with van der Waals surface area (Å²) in [6, 6.07) is 13.9. The van der Waals surface area contributed by atoms with Crippen molar-refractivity contribution >= 4 is 39.3 Å². The van der Waals surface area contributed by atoms with Gasteiger partial charge in [-0.2, -0.15) is 4.98 Å². The second-order valence-corrected chi connectivity index (χ2v) is 9.95. The molecule has 0 N–H and O–H groups in total. The van der Waals surface area contributed by atoms with Crippen LogP contribution in [0.1, 0.15) is 55.4 Å². The van der Waals surface area contributed by atoms with Gasteiger partial charge in [0.2, 0.25) is 17.6 Å². The summed E-state index contributed by atoms with van der Waals surface area (Å²) in [5.41, 5.74) is 1.30. The molecule has 7 nitrogen and oxygen atoms in total.